The SMILES string of the molecule is CC(C)CNCC(O)CSc1ccc([N+](=O)[O-])cc1. The van der Waals surface area contributed by atoms with Gasteiger partial charge in [-0.1, -0.05) is 13.8 Å². The van der Waals surface area contributed by atoms with Crippen LogP contribution in [0.2, 0.25) is 0 Å². The van der Waals surface area contributed by atoms with Crippen molar-refractivity contribution >= 4 is 17.4 Å². The van der Waals surface area contributed by atoms with E-state index in [9.17, 15) is 15.2 Å². The number of nitrogens with zero attached hydrogens (tertiary/aromatic N) is 1. The van der Waals surface area contributed by atoms with E-state index in [0.717, 1.165) is 11.4 Å². The third-order valence-corrected chi connectivity index (χ3v) is 3.58. The van der Waals surface area contributed by atoms with Crippen LogP contribution in [0.15, 0.2) is 29.2 Å². The predicted octanol–water partition coefficient (Wildman–Crippen LogP) is 2.29. The summed E-state index contributed by atoms with van der Waals surface area (Å²) in [5.74, 6) is 1.14. The first-order valence-electron chi connectivity index (χ1n) is 6.25. The van der Waals surface area contributed by atoms with Crippen molar-refractivity contribution < 1.29 is 10.0 Å². The Morgan fingerprint density at radius 2 is 1.95 bits per heavy atom. The molecule has 0 aliphatic rings. The summed E-state index contributed by atoms with van der Waals surface area (Å²) in [6.07, 6.45) is -0.418. The molecule has 1 aromatic carbocycles. The Labute approximate surface area is 117 Å². The minimum atomic E-state index is -0.418. The lowest BCUT2D eigenvalue weighted by atomic mass is 10.2. The normalized spacial score (nSPS) is 12.6. The van der Waals surface area contributed by atoms with Crippen LogP contribution in [0.4, 0.5) is 5.69 Å². The summed E-state index contributed by atoms with van der Waals surface area (Å²) in [6.45, 7) is 5.69. The fourth-order valence-corrected chi connectivity index (χ4v) is 2.29. The third kappa shape index (κ3) is 6.56. The molecular formula is C13H20N2O3S. The molecule has 6 heteroatoms. The van der Waals surface area contributed by atoms with Crippen molar-refractivity contribution in [2.45, 2.75) is 24.8 Å². The van der Waals surface area contributed by atoms with Gasteiger partial charge in [-0.2, -0.15) is 0 Å². The molecule has 0 spiro atoms. The van der Waals surface area contributed by atoms with Gasteiger partial charge in [0.2, 0.25) is 0 Å². The molecule has 0 bridgehead atoms. The maximum Gasteiger partial charge on any atom is 0.269 e. The number of thioether (sulfide) groups is 1. The molecule has 0 aliphatic carbocycles. The number of aliphatic hydroxyl groups is 1. The van der Waals surface area contributed by atoms with Gasteiger partial charge >= 0.3 is 0 Å². The molecule has 2 N–H and O–H groups in total. The number of nitro benzene ring substituents is 1. The molecule has 0 aromatic heterocycles. The molecule has 0 saturated heterocycles. The van der Waals surface area contributed by atoms with Crippen LogP contribution in [0.1, 0.15) is 13.8 Å². The Balaban J connectivity index is 2.29. The van der Waals surface area contributed by atoms with Gasteiger partial charge in [-0.15, -0.1) is 11.8 Å². The van der Waals surface area contributed by atoms with Gasteiger partial charge in [0.25, 0.3) is 5.69 Å². The van der Waals surface area contributed by atoms with Gasteiger partial charge in [-0.3, -0.25) is 10.1 Å². The molecule has 1 atom stereocenters. The number of benzene rings is 1. The van der Waals surface area contributed by atoms with Gasteiger partial charge in [0.1, 0.15) is 0 Å². The van der Waals surface area contributed by atoms with Gasteiger partial charge in [0, 0.05) is 29.3 Å². The molecule has 0 amide bonds. The Bertz CT molecular complexity index is 395. The summed E-state index contributed by atoms with van der Waals surface area (Å²) in [4.78, 5) is 11.0. The van der Waals surface area contributed by atoms with Crippen LogP contribution in [0.5, 0.6) is 0 Å². The zero-order valence-electron chi connectivity index (χ0n) is 11.2. The van der Waals surface area contributed by atoms with Gasteiger partial charge in [0.05, 0.1) is 11.0 Å². The minimum Gasteiger partial charge on any atom is -0.391 e. The predicted molar refractivity (Wildman–Crippen MR) is 77.5 cm³/mol. The molecule has 0 radical (unpaired) electrons. The quantitative estimate of drug-likeness (QED) is 0.435. The Morgan fingerprint density at radius 1 is 1.32 bits per heavy atom. The first-order valence-corrected chi connectivity index (χ1v) is 7.23. The smallest absolute Gasteiger partial charge is 0.269 e. The standard InChI is InChI=1S/C13H20N2O3S/c1-10(2)7-14-8-12(16)9-19-13-5-3-11(4-6-13)15(17)18/h3-6,10,12,14,16H,7-9H2,1-2H3. The van der Waals surface area contributed by atoms with E-state index in [0.29, 0.717) is 18.2 Å². The van der Waals surface area contributed by atoms with E-state index >= 15 is 0 Å². The van der Waals surface area contributed by atoms with Crippen LogP contribution in [0, 0.1) is 16.0 Å². The van der Waals surface area contributed by atoms with Crippen molar-refractivity contribution in [1.29, 1.82) is 0 Å². The summed E-state index contributed by atoms with van der Waals surface area (Å²) >= 11 is 1.50. The number of hydrogen-bond acceptors (Lipinski definition) is 5. The highest BCUT2D eigenvalue weighted by molar-refractivity contribution is 7.99. The molecule has 1 unspecified atom stereocenters. The maximum absolute atomic E-state index is 10.5. The first-order chi connectivity index (χ1) is 8.99. The van der Waals surface area contributed by atoms with Gasteiger partial charge in [-0.25, -0.2) is 0 Å². The second-order valence-corrected chi connectivity index (χ2v) is 5.86. The van der Waals surface area contributed by atoms with E-state index in [2.05, 4.69) is 19.2 Å². The average Bonchev–Trinajstić information content (AvgIpc) is 2.36. The Morgan fingerprint density at radius 3 is 2.47 bits per heavy atom. The molecule has 0 saturated carbocycles. The lowest BCUT2D eigenvalue weighted by molar-refractivity contribution is -0.384. The molecule has 0 heterocycles. The second-order valence-electron chi connectivity index (χ2n) is 4.77. The van der Waals surface area contributed by atoms with E-state index in [1.165, 1.54) is 23.9 Å². The number of rotatable bonds is 8. The maximum atomic E-state index is 10.5. The van der Waals surface area contributed by atoms with Gasteiger partial charge in [0.15, 0.2) is 0 Å². The highest BCUT2D eigenvalue weighted by Crippen LogP contribution is 2.21. The summed E-state index contributed by atoms with van der Waals surface area (Å²) in [5, 5.41) is 23.5. The highest BCUT2D eigenvalue weighted by Gasteiger charge is 2.07. The Hall–Kier alpha value is -1.11. The van der Waals surface area contributed by atoms with E-state index in [-0.39, 0.29) is 5.69 Å². The summed E-state index contributed by atoms with van der Waals surface area (Å²) < 4.78 is 0. The molecule has 0 aliphatic heterocycles. The van der Waals surface area contributed by atoms with E-state index in [4.69, 9.17) is 0 Å². The molecule has 1 aromatic rings. The largest absolute Gasteiger partial charge is 0.391 e. The second kappa shape index (κ2) is 8.14. The molecule has 5 nitrogen and oxygen atoms in total. The molecule has 1 rings (SSSR count). The van der Waals surface area contributed by atoms with E-state index in [1.807, 2.05) is 0 Å². The fraction of sp³-hybridized carbons (Fsp3) is 0.538. The van der Waals surface area contributed by atoms with Crippen LogP contribution in [0.25, 0.3) is 0 Å². The number of nitro groups is 1. The molecular weight excluding hydrogens is 264 g/mol. The van der Waals surface area contributed by atoms with Crippen molar-refractivity contribution in [2.24, 2.45) is 5.92 Å². The third-order valence-electron chi connectivity index (χ3n) is 2.42. The van der Waals surface area contributed by atoms with Crippen LogP contribution in [-0.4, -0.2) is 35.0 Å². The summed E-state index contributed by atoms with van der Waals surface area (Å²) in [6, 6.07) is 6.37. The van der Waals surface area contributed by atoms with Crippen LogP contribution < -0.4 is 5.32 Å². The number of aliphatic hydroxyl groups excluding tert-OH is 1. The van der Waals surface area contributed by atoms with Crippen molar-refractivity contribution in [3.05, 3.63) is 34.4 Å². The number of nitrogens with one attached hydrogen (secondary N) is 1. The average molecular weight is 284 g/mol. The highest BCUT2D eigenvalue weighted by atomic mass is 32.2. The van der Waals surface area contributed by atoms with Crippen LogP contribution >= 0.6 is 11.8 Å². The van der Waals surface area contributed by atoms with Crippen molar-refractivity contribution in [3.63, 3.8) is 0 Å². The van der Waals surface area contributed by atoms with Gasteiger partial charge in [-0.05, 0) is 24.6 Å². The summed E-state index contributed by atoms with van der Waals surface area (Å²) in [7, 11) is 0. The van der Waals surface area contributed by atoms with Gasteiger partial charge < -0.3 is 10.4 Å². The summed E-state index contributed by atoms with van der Waals surface area (Å²) in [5.41, 5.74) is 0.0866. The lowest BCUT2D eigenvalue weighted by Crippen LogP contribution is -2.30. The number of hydrogen-bond donors (Lipinski definition) is 2. The van der Waals surface area contributed by atoms with Crippen LogP contribution in [0.3, 0.4) is 0 Å². The zero-order valence-corrected chi connectivity index (χ0v) is 12.0. The lowest BCUT2D eigenvalue weighted by Gasteiger charge is -2.12. The van der Waals surface area contributed by atoms with Crippen molar-refractivity contribution in [3.8, 4) is 0 Å². The molecule has 19 heavy (non-hydrogen) atoms. The minimum absolute atomic E-state index is 0.0866. The van der Waals surface area contributed by atoms with Crippen molar-refractivity contribution in [2.75, 3.05) is 18.8 Å². The fourth-order valence-electron chi connectivity index (χ4n) is 1.45. The number of non-ortho nitro benzene ring substituents is 1. The molecule has 106 valence electrons. The zero-order chi connectivity index (χ0) is 14.3. The molecule has 0 fully saturated rings. The van der Waals surface area contributed by atoms with E-state index in [1.54, 1.807) is 12.1 Å². The first kappa shape index (κ1) is 15.9. The van der Waals surface area contributed by atoms with Crippen LogP contribution in [-0.2, 0) is 0 Å². The van der Waals surface area contributed by atoms with E-state index < -0.39 is 11.0 Å². The van der Waals surface area contributed by atoms with Crippen molar-refractivity contribution in [1.82, 2.24) is 5.32 Å². The topological polar surface area (TPSA) is 75.4 Å². The Kier molecular flexibility index (Phi) is 6.83. The monoisotopic (exact) mass is 284 g/mol.